The number of hydroxylamine groups is 2. The minimum atomic E-state index is -0.0448. The first-order valence-electron chi connectivity index (χ1n) is 5.57. The van der Waals surface area contributed by atoms with Gasteiger partial charge < -0.3 is 5.32 Å². The lowest BCUT2D eigenvalue weighted by atomic mass is 10.2. The second kappa shape index (κ2) is 4.64. The molecule has 1 aliphatic carbocycles. The van der Waals surface area contributed by atoms with Crippen molar-refractivity contribution in [1.29, 1.82) is 0 Å². The van der Waals surface area contributed by atoms with Gasteiger partial charge in [0.05, 0.1) is 13.2 Å². The molecular formula is C10H18N2O2. The highest BCUT2D eigenvalue weighted by molar-refractivity contribution is 5.73. The molecule has 0 radical (unpaired) electrons. The van der Waals surface area contributed by atoms with E-state index in [0.717, 1.165) is 32.2 Å². The highest BCUT2D eigenvalue weighted by Gasteiger charge is 2.22. The molecule has 2 fully saturated rings. The monoisotopic (exact) mass is 198 g/mol. The molecular weight excluding hydrogens is 180 g/mol. The Labute approximate surface area is 84.6 Å². The largest absolute Gasteiger partial charge is 0.341 e. The maximum Gasteiger partial charge on any atom is 0.341 e. The third kappa shape index (κ3) is 2.38. The summed E-state index contributed by atoms with van der Waals surface area (Å²) in [5.41, 5.74) is 0. The van der Waals surface area contributed by atoms with E-state index in [9.17, 15) is 4.79 Å². The molecule has 0 aromatic rings. The SMILES string of the molecule is O=C(NC1CCCC1)N1CCCCO1. The third-order valence-electron chi connectivity index (χ3n) is 2.91. The van der Waals surface area contributed by atoms with Crippen LogP contribution in [-0.4, -0.2) is 30.3 Å². The van der Waals surface area contributed by atoms with E-state index >= 15 is 0 Å². The molecule has 0 aromatic heterocycles. The van der Waals surface area contributed by atoms with Crippen LogP contribution in [-0.2, 0) is 4.84 Å². The fourth-order valence-electron chi connectivity index (χ4n) is 2.07. The number of nitrogens with one attached hydrogen (secondary N) is 1. The van der Waals surface area contributed by atoms with Crippen LogP contribution in [0.4, 0.5) is 4.79 Å². The Balaban J connectivity index is 1.75. The Bertz CT molecular complexity index is 196. The Kier molecular flexibility index (Phi) is 3.24. The van der Waals surface area contributed by atoms with E-state index in [-0.39, 0.29) is 6.03 Å². The van der Waals surface area contributed by atoms with Crippen molar-refractivity contribution in [2.75, 3.05) is 13.2 Å². The molecule has 4 nitrogen and oxygen atoms in total. The van der Waals surface area contributed by atoms with Crippen LogP contribution in [0.2, 0.25) is 0 Å². The summed E-state index contributed by atoms with van der Waals surface area (Å²) < 4.78 is 0. The molecule has 4 heteroatoms. The van der Waals surface area contributed by atoms with E-state index in [4.69, 9.17) is 4.84 Å². The van der Waals surface area contributed by atoms with Crippen molar-refractivity contribution in [2.45, 2.75) is 44.6 Å². The Morgan fingerprint density at radius 1 is 1.21 bits per heavy atom. The van der Waals surface area contributed by atoms with E-state index in [2.05, 4.69) is 5.32 Å². The van der Waals surface area contributed by atoms with Gasteiger partial charge in [0.1, 0.15) is 0 Å². The summed E-state index contributed by atoms with van der Waals surface area (Å²) in [5.74, 6) is 0. The van der Waals surface area contributed by atoms with Crippen molar-refractivity contribution in [3.05, 3.63) is 0 Å². The van der Waals surface area contributed by atoms with E-state index < -0.39 is 0 Å². The summed E-state index contributed by atoms with van der Waals surface area (Å²) in [5, 5.41) is 4.48. The first kappa shape index (κ1) is 9.77. The van der Waals surface area contributed by atoms with Gasteiger partial charge in [-0.05, 0) is 25.7 Å². The van der Waals surface area contributed by atoms with E-state index in [1.165, 1.54) is 17.9 Å². The number of carbonyl (C=O) groups excluding carboxylic acids is 1. The summed E-state index contributed by atoms with van der Waals surface area (Å²) in [4.78, 5) is 16.9. The van der Waals surface area contributed by atoms with Gasteiger partial charge >= 0.3 is 6.03 Å². The van der Waals surface area contributed by atoms with Gasteiger partial charge in [-0.25, -0.2) is 9.86 Å². The van der Waals surface area contributed by atoms with Crippen LogP contribution in [0.15, 0.2) is 0 Å². The molecule has 0 unspecified atom stereocenters. The molecule has 1 saturated carbocycles. The van der Waals surface area contributed by atoms with Gasteiger partial charge in [0.2, 0.25) is 0 Å². The molecule has 2 amide bonds. The molecule has 0 bridgehead atoms. The number of hydrogen-bond donors (Lipinski definition) is 1. The van der Waals surface area contributed by atoms with Gasteiger partial charge in [-0.3, -0.25) is 4.84 Å². The summed E-state index contributed by atoms with van der Waals surface area (Å²) >= 11 is 0. The first-order valence-corrected chi connectivity index (χ1v) is 5.57. The minimum absolute atomic E-state index is 0.0448. The van der Waals surface area contributed by atoms with Crippen LogP contribution >= 0.6 is 0 Å². The van der Waals surface area contributed by atoms with Crippen LogP contribution in [0.25, 0.3) is 0 Å². The van der Waals surface area contributed by atoms with E-state index in [0.29, 0.717) is 12.6 Å². The second-order valence-electron chi connectivity index (χ2n) is 4.07. The summed E-state index contributed by atoms with van der Waals surface area (Å²) in [6.45, 7) is 1.41. The molecule has 14 heavy (non-hydrogen) atoms. The normalized spacial score (nSPS) is 23.9. The second-order valence-corrected chi connectivity index (χ2v) is 4.07. The topological polar surface area (TPSA) is 41.6 Å². The van der Waals surface area contributed by atoms with Crippen LogP contribution in [0.5, 0.6) is 0 Å². The quantitative estimate of drug-likeness (QED) is 0.696. The lowest BCUT2D eigenvalue weighted by molar-refractivity contribution is -0.139. The van der Waals surface area contributed by atoms with Gasteiger partial charge in [0, 0.05) is 6.04 Å². The summed E-state index contributed by atoms with van der Waals surface area (Å²) in [7, 11) is 0. The number of urea groups is 1. The van der Waals surface area contributed by atoms with E-state index in [1.807, 2.05) is 0 Å². The zero-order valence-corrected chi connectivity index (χ0v) is 8.50. The van der Waals surface area contributed by atoms with Gasteiger partial charge in [0.15, 0.2) is 0 Å². The number of nitrogens with zero attached hydrogens (tertiary/aromatic N) is 1. The molecule has 2 aliphatic rings. The van der Waals surface area contributed by atoms with Crippen LogP contribution in [0.1, 0.15) is 38.5 Å². The van der Waals surface area contributed by atoms with Crippen molar-refractivity contribution in [3.63, 3.8) is 0 Å². The van der Waals surface area contributed by atoms with Crippen molar-refractivity contribution >= 4 is 6.03 Å². The number of rotatable bonds is 1. The molecule has 0 aromatic carbocycles. The standard InChI is InChI=1S/C10H18N2O2/c13-10(11-9-5-1-2-6-9)12-7-3-4-8-14-12/h9H,1-8H2,(H,11,13). The molecule has 1 N–H and O–H groups in total. The maximum atomic E-state index is 11.6. The Morgan fingerprint density at radius 3 is 2.64 bits per heavy atom. The van der Waals surface area contributed by atoms with Gasteiger partial charge in [0.25, 0.3) is 0 Å². The smallest absolute Gasteiger partial charge is 0.333 e. The van der Waals surface area contributed by atoms with Gasteiger partial charge in [-0.2, -0.15) is 0 Å². The van der Waals surface area contributed by atoms with Crippen molar-refractivity contribution in [3.8, 4) is 0 Å². The molecule has 0 spiro atoms. The zero-order valence-electron chi connectivity index (χ0n) is 8.50. The average Bonchev–Trinajstić information content (AvgIpc) is 2.72. The molecule has 80 valence electrons. The highest BCUT2D eigenvalue weighted by Crippen LogP contribution is 2.18. The first-order chi connectivity index (χ1) is 6.86. The van der Waals surface area contributed by atoms with Gasteiger partial charge in [-0.1, -0.05) is 12.8 Å². The summed E-state index contributed by atoms with van der Waals surface area (Å²) in [6, 6.07) is 0.338. The number of amides is 2. The van der Waals surface area contributed by atoms with Crippen molar-refractivity contribution < 1.29 is 9.63 Å². The average molecular weight is 198 g/mol. The highest BCUT2D eigenvalue weighted by atomic mass is 16.7. The minimum Gasteiger partial charge on any atom is -0.333 e. The number of hydrogen-bond acceptors (Lipinski definition) is 2. The third-order valence-corrected chi connectivity index (χ3v) is 2.91. The van der Waals surface area contributed by atoms with Crippen LogP contribution < -0.4 is 5.32 Å². The Hall–Kier alpha value is -0.770. The van der Waals surface area contributed by atoms with Crippen LogP contribution in [0.3, 0.4) is 0 Å². The lowest BCUT2D eigenvalue weighted by Gasteiger charge is -2.27. The van der Waals surface area contributed by atoms with E-state index in [1.54, 1.807) is 0 Å². The molecule has 2 rings (SSSR count). The Morgan fingerprint density at radius 2 is 2.00 bits per heavy atom. The molecule has 1 aliphatic heterocycles. The van der Waals surface area contributed by atoms with Gasteiger partial charge in [-0.15, -0.1) is 0 Å². The maximum absolute atomic E-state index is 11.6. The molecule has 1 saturated heterocycles. The van der Waals surface area contributed by atoms with Crippen molar-refractivity contribution in [1.82, 2.24) is 10.4 Å². The van der Waals surface area contributed by atoms with Crippen molar-refractivity contribution in [2.24, 2.45) is 0 Å². The zero-order chi connectivity index (χ0) is 9.80. The molecule has 1 heterocycles. The predicted octanol–water partition coefficient (Wildman–Crippen LogP) is 1.67. The fraction of sp³-hybridized carbons (Fsp3) is 0.900. The van der Waals surface area contributed by atoms with Crippen LogP contribution in [0, 0.1) is 0 Å². The number of carbonyl (C=O) groups is 1. The lowest BCUT2D eigenvalue weighted by Crippen LogP contribution is -2.45. The fourth-order valence-corrected chi connectivity index (χ4v) is 2.07. The summed E-state index contributed by atoms with van der Waals surface area (Å²) in [6.07, 6.45) is 6.85. The molecule has 0 atom stereocenters. The predicted molar refractivity (Wildman–Crippen MR) is 52.7 cm³/mol.